The van der Waals surface area contributed by atoms with Crippen LogP contribution in [-0.2, 0) is 18.4 Å². The van der Waals surface area contributed by atoms with Gasteiger partial charge in [0.05, 0.1) is 39.9 Å². The molecular formula is C55H102N2O6P+. The Morgan fingerprint density at radius 3 is 1.44 bits per heavy atom. The molecule has 372 valence electrons. The standard InChI is InChI=1S/C55H101N2O6P/c1-6-8-10-12-14-16-18-20-22-24-25-26-27-28-29-30-31-33-34-36-38-40-42-44-46-48-54(58)53(52-63-64(60,61)62-51-50-57(3,4)5)56-55(59)49-47-45-43-41-39-37-35-32-23-21-19-17-15-13-11-9-7-2/h9,11,15,17,21,23,31,33,38,40,46,48,53-54,58H,6-8,10,12-14,16,18-20,22,24-30,32,34-37,39,41-45,47,49-52H2,1-5H3,(H-,56,59,60,61)/p+1/b11-9-,17-15-,23-21-,33-31+,40-38+,48-46+. The molecule has 0 aliphatic carbocycles. The van der Waals surface area contributed by atoms with Crippen molar-refractivity contribution in [1.82, 2.24) is 5.32 Å². The SMILES string of the molecule is CC/C=C\C/C=C\C/C=C\CCCCCCCCCC(=O)NC(COP(=O)(O)OCC[N+](C)(C)C)C(O)/C=C/CC/C=C/CC/C=C/CCCCCCCCCCCCCCCCC. The number of phosphoric ester groups is 1. The number of unbranched alkanes of at least 4 members (excludes halogenated alkanes) is 24. The highest BCUT2D eigenvalue weighted by Gasteiger charge is 2.27. The molecule has 0 aromatic rings. The topological polar surface area (TPSA) is 105 Å². The molecule has 8 nitrogen and oxygen atoms in total. The van der Waals surface area contributed by atoms with E-state index in [-0.39, 0.29) is 19.1 Å². The molecule has 3 N–H and O–H groups in total. The predicted molar refractivity (Wildman–Crippen MR) is 276 cm³/mol. The Morgan fingerprint density at radius 1 is 0.547 bits per heavy atom. The fourth-order valence-electron chi connectivity index (χ4n) is 7.26. The molecule has 0 rings (SSSR count). The van der Waals surface area contributed by atoms with Gasteiger partial charge < -0.3 is 19.8 Å². The van der Waals surface area contributed by atoms with Crippen LogP contribution in [0, 0.1) is 0 Å². The van der Waals surface area contributed by atoms with Gasteiger partial charge in [-0.3, -0.25) is 13.8 Å². The molecule has 9 heteroatoms. The minimum atomic E-state index is -4.36. The third-order valence-electron chi connectivity index (χ3n) is 11.4. The van der Waals surface area contributed by atoms with Crippen LogP contribution < -0.4 is 5.32 Å². The smallest absolute Gasteiger partial charge is 0.387 e. The Bertz CT molecular complexity index is 1270. The van der Waals surface area contributed by atoms with Gasteiger partial charge in [-0.1, -0.05) is 209 Å². The molecule has 3 atom stereocenters. The van der Waals surface area contributed by atoms with E-state index in [2.05, 4.69) is 79.9 Å². The largest absolute Gasteiger partial charge is 0.472 e. The Morgan fingerprint density at radius 2 is 0.953 bits per heavy atom. The number of amides is 1. The van der Waals surface area contributed by atoms with Gasteiger partial charge in [0.2, 0.25) is 5.91 Å². The summed E-state index contributed by atoms with van der Waals surface area (Å²) in [5.74, 6) is -0.203. The van der Waals surface area contributed by atoms with E-state index in [0.29, 0.717) is 17.4 Å². The van der Waals surface area contributed by atoms with Crippen LogP contribution in [0.5, 0.6) is 0 Å². The number of carbonyl (C=O) groups is 1. The lowest BCUT2D eigenvalue weighted by Gasteiger charge is -2.25. The molecular weight excluding hydrogens is 816 g/mol. The van der Waals surface area contributed by atoms with Crippen LogP contribution in [0.2, 0.25) is 0 Å². The van der Waals surface area contributed by atoms with E-state index in [0.717, 1.165) is 77.0 Å². The number of phosphoric acid groups is 1. The minimum absolute atomic E-state index is 0.0482. The molecule has 0 saturated heterocycles. The third kappa shape index (κ3) is 47.9. The number of hydrogen-bond donors (Lipinski definition) is 3. The van der Waals surface area contributed by atoms with Gasteiger partial charge >= 0.3 is 7.82 Å². The van der Waals surface area contributed by atoms with Gasteiger partial charge in [-0.2, -0.15) is 0 Å². The highest BCUT2D eigenvalue weighted by atomic mass is 31.2. The summed E-state index contributed by atoms with van der Waals surface area (Å²) in [5, 5.41) is 13.9. The molecule has 0 aliphatic rings. The van der Waals surface area contributed by atoms with Gasteiger partial charge in [-0.15, -0.1) is 0 Å². The number of aliphatic hydroxyl groups excluding tert-OH is 1. The fourth-order valence-corrected chi connectivity index (χ4v) is 8.00. The quantitative estimate of drug-likeness (QED) is 0.0243. The van der Waals surface area contributed by atoms with Crippen LogP contribution in [0.25, 0.3) is 0 Å². The van der Waals surface area contributed by atoms with E-state index in [4.69, 9.17) is 9.05 Å². The average molecular weight is 918 g/mol. The number of aliphatic hydroxyl groups is 1. The summed E-state index contributed by atoms with van der Waals surface area (Å²) in [6.07, 6.45) is 62.8. The molecule has 0 aromatic heterocycles. The zero-order valence-corrected chi connectivity index (χ0v) is 43.1. The van der Waals surface area contributed by atoms with Gasteiger partial charge in [-0.25, -0.2) is 4.57 Å². The molecule has 0 aromatic carbocycles. The molecule has 0 aliphatic heterocycles. The predicted octanol–water partition coefficient (Wildman–Crippen LogP) is 15.5. The summed E-state index contributed by atoms with van der Waals surface area (Å²) in [4.78, 5) is 23.2. The number of quaternary nitrogens is 1. The molecule has 0 bridgehead atoms. The first-order valence-electron chi connectivity index (χ1n) is 26.3. The van der Waals surface area contributed by atoms with Gasteiger partial charge in [0.15, 0.2) is 0 Å². The fraction of sp³-hybridized carbons (Fsp3) is 0.764. The van der Waals surface area contributed by atoms with Crippen LogP contribution in [-0.4, -0.2) is 73.4 Å². The van der Waals surface area contributed by atoms with Crippen molar-refractivity contribution in [1.29, 1.82) is 0 Å². The lowest BCUT2D eigenvalue weighted by Crippen LogP contribution is -2.45. The molecule has 1 amide bonds. The van der Waals surface area contributed by atoms with Gasteiger partial charge in [0.25, 0.3) is 0 Å². The summed E-state index contributed by atoms with van der Waals surface area (Å²) >= 11 is 0. The number of likely N-dealkylation sites (N-methyl/N-ethyl adjacent to an activating group) is 1. The van der Waals surface area contributed by atoms with Crippen LogP contribution >= 0.6 is 7.82 Å². The second kappa shape index (κ2) is 46.1. The maximum atomic E-state index is 12.9. The number of hydrogen-bond acceptors (Lipinski definition) is 5. The molecule has 64 heavy (non-hydrogen) atoms. The van der Waals surface area contributed by atoms with E-state index in [1.807, 2.05) is 27.2 Å². The van der Waals surface area contributed by atoms with Crippen molar-refractivity contribution in [3.05, 3.63) is 72.9 Å². The van der Waals surface area contributed by atoms with E-state index >= 15 is 0 Å². The maximum Gasteiger partial charge on any atom is 0.472 e. The molecule has 3 unspecified atom stereocenters. The Balaban J connectivity index is 4.37. The van der Waals surface area contributed by atoms with Crippen molar-refractivity contribution in [3.63, 3.8) is 0 Å². The highest BCUT2D eigenvalue weighted by molar-refractivity contribution is 7.47. The van der Waals surface area contributed by atoms with Crippen molar-refractivity contribution in [2.75, 3.05) is 40.9 Å². The molecule has 0 spiro atoms. The molecule has 0 radical (unpaired) electrons. The first kappa shape index (κ1) is 61.9. The zero-order valence-electron chi connectivity index (χ0n) is 42.3. The van der Waals surface area contributed by atoms with E-state index < -0.39 is 20.0 Å². The summed E-state index contributed by atoms with van der Waals surface area (Å²) in [7, 11) is 1.53. The van der Waals surface area contributed by atoms with Crippen molar-refractivity contribution in [2.45, 2.75) is 231 Å². The summed E-state index contributed by atoms with van der Waals surface area (Å²) < 4.78 is 23.6. The van der Waals surface area contributed by atoms with Crippen molar-refractivity contribution >= 4 is 13.7 Å². The van der Waals surface area contributed by atoms with Crippen LogP contribution in [0.1, 0.15) is 219 Å². The van der Waals surface area contributed by atoms with E-state index in [1.165, 1.54) is 122 Å². The van der Waals surface area contributed by atoms with Crippen molar-refractivity contribution < 1.29 is 32.9 Å². The second-order valence-corrected chi connectivity index (χ2v) is 20.3. The normalized spacial score (nSPS) is 14.7. The van der Waals surface area contributed by atoms with Crippen LogP contribution in [0.15, 0.2) is 72.9 Å². The number of nitrogens with one attached hydrogen (secondary N) is 1. The molecule has 0 heterocycles. The summed E-state index contributed by atoms with van der Waals surface area (Å²) in [6, 6.07) is -0.879. The zero-order chi connectivity index (χ0) is 47.1. The third-order valence-corrected chi connectivity index (χ3v) is 12.4. The number of nitrogens with zero attached hydrogens (tertiary/aromatic N) is 1. The summed E-state index contributed by atoms with van der Waals surface area (Å²) in [5.41, 5.74) is 0. The minimum Gasteiger partial charge on any atom is -0.387 e. The van der Waals surface area contributed by atoms with Gasteiger partial charge in [0, 0.05) is 6.42 Å². The Labute approximate surface area is 395 Å². The lowest BCUT2D eigenvalue weighted by molar-refractivity contribution is -0.870. The van der Waals surface area contributed by atoms with Crippen molar-refractivity contribution in [3.8, 4) is 0 Å². The average Bonchev–Trinajstić information content (AvgIpc) is 3.25. The Hall–Kier alpha value is -2.06. The van der Waals surface area contributed by atoms with Gasteiger partial charge in [-0.05, 0) is 77.0 Å². The first-order valence-corrected chi connectivity index (χ1v) is 27.8. The van der Waals surface area contributed by atoms with Crippen molar-refractivity contribution in [2.24, 2.45) is 0 Å². The molecule has 0 saturated carbocycles. The van der Waals surface area contributed by atoms with Crippen LogP contribution in [0.3, 0.4) is 0 Å². The Kier molecular flexibility index (Phi) is 44.6. The van der Waals surface area contributed by atoms with E-state index in [9.17, 15) is 19.4 Å². The second-order valence-electron chi connectivity index (χ2n) is 18.8. The summed E-state index contributed by atoms with van der Waals surface area (Å²) in [6.45, 7) is 4.67. The highest BCUT2D eigenvalue weighted by Crippen LogP contribution is 2.43. The first-order chi connectivity index (χ1) is 31.0. The number of allylic oxidation sites excluding steroid dienone is 11. The maximum absolute atomic E-state index is 12.9. The van der Waals surface area contributed by atoms with E-state index in [1.54, 1.807) is 6.08 Å². The van der Waals surface area contributed by atoms with Gasteiger partial charge in [0.1, 0.15) is 13.2 Å². The number of carbonyl (C=O) groups excluding carboxylic acids is 1. The van der Waals surface area contributed by atoms with Crippen LogP contribution in [0.4, 0.5) is 0 Å². The molecule has 0 fully saturated rings. The monoisotopic (exact) mass is 918 g/mol. The lowest BCUT2D eigenvalue weighted by atomic mass is 10.0. The number of rotatable bonds is 47.